The number of benzene rings is 1. The van der Waals surface area contributed by atoms with Gasteiger partial charge in [0.15, 0.2) is 0 Å². The van der Waals surface area contributed by atoms with Crippen LogP contribution in [0.2, 0.25) is 0 Å². The highest BCUT2D eigenvalue weighted by atomic mass is 79.9. The number of nitrogens with one attached hydrogen (secondary N) is 1. The number of hydrogen-bond donors (Lipinski definition) is 1. The number of nitro benzene ring substituents is 1. The van der Waals surface area contributed by atoms with E-state index in [1.54, 1.807) is 17.4 Å². The molecule has 2 aromatic rings. The fourth-order valence-corrected chi connectivity index (χ4v) is 3.05. The summed E-state index contributed by atoms with van der Waals surface area (Å²) >= 11 is 5.00. The fourth-order valence-electron chi connectivity index (χ4n) is 1.75. The third kappa shape index (κ3) is 3.40. The standard InChI is InChI=1S/C13H13BrN2O2S/c1-9(12-6-3-7-19-12)15-8-10-4-2-5-11(13(10)14)16(17)18/h2-7,9,15H,8H2,1H3/t9-/m0/s1. The lowest BCUT2D eigenvalue weighted by Crippen LogP contribution is -2.17. The largest absolute Gasteiger partial charge is 0.305 e. The third-order valence-corrected chi connectivity index (χ3v) is 4.79. The predicted molar refractivity (Wildman–Crippen MR) is 80.4 cm³/mol. The molecule has 0 saturated carbocycles. The molecule has 0 unspecified atom stereocenters. The SMILES string of the molecule is C[C@H](NCc1cccc([N+](=O)[O-])c1Br)c1cccs1. The second-order valence-corrected chi connectivity index (χ2v) is 5.90. The number of halogens is 1. The highest BCUT2D eigenvalue weighted by Crippen LogP contribution is 2.28. The molecule has 19 heavy (non-hydrogen) atoms. The van der Waals surface area contributed by atoms with Crippen molar-refractivity contribution >= 4 is 33.0 Å². The lowest BCUT2D eigenvalue weighted by atomic mass is 10.2. The minimum absolute atomic E-state index is 0.100. The Hall–Kier alpha value is -1.24. The smallest absolute Gasteiger partial charge is 0.283 e. The minimum atomic E-state index is -0.379. The first-order valence-electron chi connectivity index (χ1n) is 5.78. The topological polar surface area (TPSA) is 55.2 Å². The maximum absolute atomic E-state index is 10.9. The molecular weight excluding hydrogens is 328 g/mol. The number of hydrogen-bond acceptors (Lipinski definition) is 4. The number of rotatable bonds is 5. The average molecular weight is 341 g/mol. The maximum Gasteiger partial charge on any atom is 0.283 e. The van der Waals surface area contributed by atoms with E-state index in [2.05, 4.69) is 34.2 Å². The molecule has 0 saturated heterocycles. The molecule has 0 spiro atoms. The van der Waals surface area contributed by atoms with Crippen LogP contribution in [0.5, 0.6) is 0 Å². The summed E-state index contributed by atoms with van der Waals surface area (Å²) in [6, 6.07) is 9.40. The van der Waals surface area contributed by atoms with E-state index in [-0.39, 0.29) is 16.7 Å². The van der Waals surface area contributed by atoms with Crippen molar-refractivity contribution in [2.45, 2.75) is 19.5 Å². The average Bonchev–Trinajstić information content (AvgIpc) is 2.90. The summed E-state index contributed by atoms with van der Waals surface area (Å²) in [6.07, 6.45) is 0. The quantitative estimate of drug-likeness (QED) is 0.653. The van der Waals surface area contributed by atoms with E-state index in [9.17, 15) is 10.1 Å². The maximum atomic E-state index is 10.9. The zero-order valence-corrected chi connectivity index (χ0v) is 12.7. The molecule has 1 N–H and O–H groups in total. The molecule has 1 aromatic heterocycles. The Labute approximate surface area is 123 Å². The normalized spacial score (nSPS) is 12.3. The zero-order valence-electron chi connectivity index (χ0n) is 10.3. The van der Waals surface area contributed by atoms with E-state index in [0.717, 1.165) is 5.56 Å². The Morgan fingerprint density at radius 1 is 1.42 bits per heavy atom. The first-order valence-corrected chi connectivity index (χ1v) is 7.45. The van der Waals surface area contributed by atoms with Crippen LogP contribution in [-0.4, -0.2) is 4.92 Å². The van der Waals surface area contributed by atoms with E-state index in [0.29, 0.717) is 11.0 Å². The molecule has 1 aromatic carbocycles. The monoisotopic (exact) mass is 340 g/mol. The van der Waals surface area contributed by atoms with Crippen LogP contribution >= 0.6 is 27.3 Å². The summed E-state index contributed by atoms with van der Waals surface area (Å²) in [5.41, 5.74) is 0.987. The molecule has 6 heteroatoms. The van der Waals surface area contributed by atoms with Crippen molar-refractivity contribution in [2.75, 3.05) is 0 Å². The highest BCUT2D eigenvalue weighted by Gasteiger charge is 2.15. The molecule has 0 aliphatic rings. The first kappa shape index (κ1) is 14.2. The van der Waals surface area contributed by atoms with Crippen LogP contribution in [0.3, 0.4) is 0 Å². The van der Waals surface area contributed by atoms with Crippen molar-refractivity contribution in [2.24, 2.45) is 0 Å². The molecule has 1 atom stereocenters. The van der Waals surface area contributed by atoms with E-state index < -0.39 is 0 Å². The van der Waals surface area contributed by atoms with Crippen molar-refractivity contribution in [3.8, 4) is 0 Å². The predicted octanol–water partition coefficient (Wildman–Crippen LogP) is 4.27. The Morgan fingerprint density at radius 3 is 2.84 bits per heavy atom. The summed E-state index contributed by atoms with van der Waals surface area (Å²) in [5, 5.41) is 16.3. The second-order valence-electron chi connectivity index (χ2n) is 4.13. The number of nitro groups is 1. The summed E-state index contributed by atoms with van der Waals surface area (Å²) in [6.45, 7) is 2.67. The van der Waals surface area contributed by atoms with Gasteiger partial charge in [-0.3, -0.25) is 10.1 Å². The Bertz CT molecular complexity index is 572. The van der Waals surface area contributed by atoms with Gasteiger partial charge in [0.2, 0.25) is 0 Å². The van der Waals surface area contributed by atoms with Gasteiger partial charge < -0.3 is 5.32 Å². The summed E-state index contributed by atoms with van der Waals surface area (Å²) in [7, 11) is 0. The Balaban J connectivity index is 2.08. The van der Waals surface area contributed by atoms with Gasteiger partial charge in [-0.25, -0.2) is 0 Å². The van der Waals surface area contributed by atoms with E-state index in [1.807, 2.05) is 17.5 Å². The molecule has 0 aliphatic heterocycles. The van der Waals surface area contributed by atoms with Gasteiger partial charge in [-0.1, -0.05) is 18.2 Å². The van der Waals surface area contributed by atoms with Crippen molar-refractivity contribution in [3.05, 3.63) is 60.7 Å². The van der Waals surface area contributed by atoms with Crippen LogP contribution in [0.15, 0.2) is 40.2 Å². The number of nitrogens with zero attached hydrogens (tertiary/aromatic N) is 1. The van der Waals surface area contributed by atoms with Crippen LogP contribution in [0.1, 0.15) is 23.4 Å². The molecular formula is C13H13BrN2O2S. The summed E-state index contributed by atoms with van der Waals surface area (Å²) < 4.78 is 0.547. The molecule has 0 fully saturated rings. The van der Waals surface area contributed by atoms with Gasteiger partial charge in [-0.2, -0.15) is 0 Å². The fraction of sp³-hybridized carbons (Fsp3) is 0.231. The molecule has 4 nitrogen and oxygen atoms in total. The van der Waals surface area contributed by atoms with E-state index in [1.165, 1.54) is 10.9 Å². The summed E-state index contributed by atoms with van der Waals surface area (Å²) in [4.78, 5) is 11.7. The van der Waals surface area contributed by atoms with E-state index in [4.69, 9.17) is 0 Å². The molecule has 100 valence electrons. The van der Waals surface area contributed by atoms with Gasteiger partial charge in [0.25, 0.3) is 5.69 Å². The van der Waals surface area contributed by atoms with Crippen molar-refractivity contribution in [3.63, 3.8) is 0 Å². The van der Waals surface area contributed by atoms with Crippen LogP contribution in [-0.2, 0) is 6.54 Å². The molecule has 2 rings (SSSR count). The van der Waals surface area contributed by atoms with Gasteiger partial charge >= 0.3 is 0 Å². The molecule has 0 bridgehead atoms. The first-order chi connectivity index (χ1) is 9.09. The van der Waals surface area contributed by atoms with Gasteiger partial charge in [-0.05, 0) is 39.9 Å². The Morgan fingerprint density at radius 2 is 2.21 bits per heavy atom. The van der Waals surface area contributed by atoms with Crippen LogP contribution in [0.25, 0.3) is 0 Å². The molecule has 0 aliphatic carbocycles. The van der Waals surface area contributed by atoms with E-state index >= 15 is 0 Å². The van der Waals surface area contributed by atoms with Gasteiger partial charge in [0, 0.05) is 23.5 Å². The minimum Gasteiger partial charge on any atom is -0.305 e. The number of thiophene rings is 1. The zero-order chi connectivity index (χ0) is 13.8. The molecule has 1 heterocycles. The van der Waals surface area contributed by atoms with Gasteiger partial charge in [0.1, 0.15) is 0 Å². The lowest BCUT2D eigenvalue weighted by Gasteiger charge is -2.13. The van der Waals surface area contributed by atoms with Gasteiger partial charge in [0.05, 0.1) is 9.40 Å². The van der Waals surface area contributed by atoms with Gasteiger partial charge in [-0.15, -0.1) is 11.3 Å². The van der Waals surface area contributed by atoms with Crippen LogP contribution in [0.4, 0.5) is 5.69 Å². The summed E-state index contributed by atoms with van der Waals surface area (Å²) in [5.74, 6) is 0. The lowest BCUT2D eigenvalue weighted by molar-refractivity contribution is -0.385. The second kappa shape index (κ2) is 6.27. The van der Waals surface area contributed by atoms with Crippen LogP contribution in [0, 0.1) is 10.1 Å². The molecule has 0 amide bonds. The highest BCUT2D eigenvalue weighted by molar-refractivity contribution is 9.10. The Kier molecular flexibility index (Phi) is 4.68. The van der Waals surface area contributed by atoms with Crippen LogP contribution < -0.4 is 5.32 Å². The van der Waals surface area contributed by atoms with Crippen molar-refractivity contribution in [1.82, 2.24) is 5.32 Å². The molecule has 0 radical (unpaired) electrons. The van der Waals surface area contributed by atoms with Crippen molar-refractivity contribution in [1.29, 1.82) is 0 Å². The van der Waals surface area contributed by atoms with Crippen molar-refractivity contribution < 1.29 is 4.92 Å². The third-order valence-electron chi connectivity index (χ3n) is 2.82.